The average molecular weight is 369 g/mol. The summed E-state index contributed by atoms with van der Waals surface area (Å²) in [5.41, 5.74) is 1.47. The van der Waals surface area contributed by atoms with Gasteiger partial charge in [-0.25, -0.2) is 4.79 Å². The van der Waals surface area contributed by atoms with E-state index in [1.165, 1.54) is 18.2 Å². The number of benzene rings is 1. The summed E-state index contributed by atoms with van der Waals surface area (Å²) in [6, 6.07) is 4.24. The molecule has 3 atom stereocenters. The van der Waals surface area contributed by atoms with Crippen LogP contribution >= 0.6 is 0 Å². The summed E-state index contributed by atoms with van der Waals surface area (Å²) in [5.74, 6) is 1.32. The van der Waals surface area contributed by atoms with Crippen LogP contribution in [0.5, 0.6) is 11.5 Å². The molecule has 6 heteroatoms. The molecule has 1 fully saturated rings. The van der Waals surface area contributed by atoms with Crippen LogP contribution in [-0.4, -0.2) is 57.4 Å². The third-order valence-electron chi connectivity index (χ3n) is 6.80. The minimum Gasteiger partial charge on any atom is -0.496 e. The van der Waals surface area contributed by atoms with Gasteiger partial charge in [-0.2, -0.15) is 0 Å². The second kappa shape index (κ2) is 5.29. The summed E-state index contributed by atoms with van der Waals surface area (Å²) < 4.78 is 23.1. The minimum atomic E-state index is -1.35. The number of rotatable bonds is 3. The van der Waals surface area contributed by atoms with Crippen LogP contribution in [0.1, 0.15) is 17.5 Å². The van der Waals surface area contributed by atoms with Crippen molar-refractivity contribution in [3.63, 3.8) is 0 Å². The molecule has 142 valence electrons. The average Bonchev–Trinajstić information content (AvgIpc) is 3.01. The summed E-state index contributed by atoms with van der Waals surface area (Å²) >= 11 is 0. The van der Waals surface area contributed by atoms with Gasteiger partial charge >= 0.3 is 5.97 Å². The predicted octanol–water partition coefficient (Wildman–Crippen LogP) is 1.97. The lowest BCUT2D eigenvalue weighted by molar-refractivity contribution is -0.164. The highest BCUT2D eigenvalue weighted by Crippen LogP contribution is 2.67. The van der Waals surface area contributed by atoms with Crippen molar-refractivity contribution in [3.8, 4) is 11.5 Å². The minimum absolute atomic E-state index is 0.216. The molecule has 0 N–H and O–H groups in total. The van der Waals surface area contributed by atoms with E-state index in [4.69, 9.17) is 18.9 Å². The summed E-state index contributed by atoms with van der Waals surface area (Å²) in [5, 5.41) is 0. The van der Waals surface area contributed by atoms with Gasteiger partial charge in [-0.1, -0.05) is 12.1 Å². The maximum Gasteiger partial charge on any atom is 0.359 e. The van der Waals surface area contributed by atoms with Gasteiger partial charge in [0.1, 0.15) is 0 Å². The number of esters is 1. The van der Waals surface area contributed by atoms with Crippen LogP contribution < -0.4 is 9.47 Å². The SMILES string of the molecule is COC(=O)[C@@]12Oc3c(OC)ccc4c3[C@@]13CCN(C)[C@@H](C4)C3=CC=C2OC. The van der Waals surface area contributed by atoms with Crippen molar-refractivity contribution >= 4 is 5.97 Å². The van der Waals surface area contributed by atoms with Gasteiger partial charge in [-0.05, 0) is 49.7 Å². The Hall–Kier alpha value is -2.47. The number of piperidine rings is 1. The lowest BCUT2D eigenvalue weighted by Crippen LogP contribution is -2.67. The molecule has 6 nitrogen and oxygen atoms in total. The summed E-state index contributed by atoms with van der Waals surface area (Å²) in [4.78, 5) is 15.7. The molecule has 1 aromatic carbocycles. The Bertz CT molecular complexity index is 919. The maximum atomic E-state index is 13.3. The van der Waals surface area contributed by atoms with Gasteiger partial charge in [0.15, 0.2) is 17.3 Å². The molecule has 0 unspecified atom stereocenters. The van der Waals surface area contributed by atoms with Crippen molar-refractivity contribution in [3.05, 3.63) is 46.7 Å². The van der Waals surface area contributed by atoms with Crippen LogP contribution in [-0.2, 0) is 26.1 Å². The quantitative estimate of drug-likeness (QED) is 0.760. The van der Waals surface area contributed by atoms with Crippen molar-refractivity contribution in [1.29, 1.82) is 0 Å². The molecule has 0 saturated carbocycles. The van der Waals surface area contributed by atoms with E-state index >= 15 is 0 Å². The van der Waals surface area contributed by atoms with Crippen molar-refractivity contribution in [2.75, 3.05) is 34.9 Å². The van der Waals surface area contributed by atoms with E-state index in [9.17, 15) is 4.79 Å². The zero-order valence-corrected chi connectivity index (χ0v) is 16.0. The Morgan fingerprint density at radius 3 is 2.74 bits per heavy atom. The molecule has 2 aliphatic heterocycles. The molecule has 2 bridgehead atoms. The monoisotopic (exact) mass is 369 g/mol. The fraction of sp³-hybridized carbons (Fsp3) is 0.476. The maximum absolute atomic E-state index is 13.3. The topological polar surface area (TPSA) is 57.2 Å². The first-order valence-corrected chi connectivity index (χ1v) is 9.20. The van der Waals surface area contributed by atoms with Gasteiger partial charge < -0.3 is 18.9 Å². The first-order valence-electron chi connectivity index (χ1n) is 9.20. The normalized spacial score (nSPS) is 32.7. The Kier molecular flexibility index (Phi) is 3.27. The van der Waals surface area contributed by atoms with Crippen molar-refractivity contribution in [2.45, 2.75) is 29.9 Å². The zero-order valence-electron chi connectivity index (χ0n) is 16.0. The number of carbonyl (C=O) groups excluding carboxylic acids is 1. The van der Waals surface area contributed by atoms with E-state index in [0.29, 0.717) is 17.3 Å². The van der Waals surface area contributed by atoms with E-state index in [1.807, 2.05) is 12.1 Å². The lowest BCUT2D eigenvalue weighted by atomic mass is 9.52. The highest BCUT2D eigenvalue weighted by Gasteiger charge is 2.74. The Morgan fingerprint density at radius 2 is 2.04 bits per heavy atom. The molecule has 0 radical (unpaired) electrons. The smallest absolute Gasteiger partial charge is 0.359 e. The van der Waals surface area contributed by atoms with Gasteiger partial charge in [-0.3, -0.25) is 4.90 Å². The molecule has 1 aromatic rings. The van der Waals surface area contributed by atoms with Crippen molar-refractivity contribution in [2.24, 2.45) is 0 Å². The first kappa shape index (κ1) is 16.7. The van der Waals surface area contributed by atoms with Gasteiger partial charge in [0.05, 0.1) is 26.7 Å². The molecule has 4 aliphatic rings. The van der Waals surface area contributed by atoms with Crippen LogP contribution in [0.4, 0.5) is 0 Å². The Balaban J connectivity index is 1.92. The summed E-state index contributed by atoms with van der Waals surface area (Å²) in [6.45, 7) is 0.858. The molecular formula is C21H23NO5. The third kappa shape index (κ3) is 1.64. The number of likely N-dealkylation sites (tertiary alicyclic amines) is 1. The standard InChI is InChI=1S/C21H23NO5/c1-22-10-9-20-13-6-8-16(25-3)21(20,19(23)26-4)27-18-15(24-2)7-5-12(17(18)20)11-14(13)22/h5-8,14H,9-11H2,1-4H3/t14-,20-,21+/m0/s1. The number of nitrogens with zero attached hydrogens (tertiary/aromatic N) is 1. The second-order valence-corrected chi connectivity index (χ2v) is 7.62. The molecule has 1 spiro atoms. The number of allylic oxidation sites excluding steroid dienone is 2. The highest BCUT2D eigenvalue weighted by molar-refractivity contribution is 5.92. The second-order valence-electron chi connectivity index (χ2n) is 7.62. The van der Waals surface area contributed by atoms with E-state index < -0.39 is 17.0 Å². The molecule has 0 aromatic heterocycles. The van der Waals surface area contributed by atoms with E-state index in [2.05, 4.69) is 24.1 Å². The van der Waals surface area contributed by atoms with Crippen LogP contribution in [0.2, 0.25) is 0 Å². The molecule has 27 heavy (non-hydrogen) atoms. The molecule has 2 heterocycles. The number of methoxy groups -OCH3 is 3. The Labute approximate surface area is 158 Å². The Morgan fingerprint density at radius 1 is 1.22 bits per heavy atom. The number of carbonyl (C=O) groups is 1. The summed E-state index contributed by atoms with van der Waals surface area (Å²) in [7, 11) is 6.74. The molecule has 1 saturated heterocycles. The van der Waals surface area contributed by atoms with Gasteiger partial charge in [0.2, 0.25) is 0 Å². The largest absolute Gasteiger partial charge is 0.496 e. The van der Waals surface area contributed by atoms with Crippen molar-refractivity contribution < 1.29 is 23.7 Å². The number of hydrogen-bond donors (Lipinski definition) is 0. The van der Waals surface area contributed by atoms with Gasteiger partial charge in [0.25, 0.3) is 5.60 Å². The predicted molar refractivity (Wildman–Crippen MR) is 98.0 cm³/mol. The molecule has 0 amide bonds. The van der Waals surface area contributed by atoms with Crippen LogP contribution in [0.25, 0.3) is 0 Å². The zero-order chi connectivity index (χ0) is 19.0. The molecule has 5 rings (SSSR count). The number of likely N-dealkylation sites (N-methyl/N-ethyl adjacent to an activating group) is 1. The van der Waals surface area contributed by atoms with E-state index in [-0.39, 0.29) is 6.04 Å². The first-order chi connectivity index (χ1) is 13.0. The van der Waals surface area contributed by atoms with E-state index in [0.717, 1.165) is 24.9 Å². The van der Waals surface area contributed by atoms with Crippen LogP contribution in [0, 0.1) is 0 Å². The lowest BCUT2D eigenvalue weighted by Gasteiger charge is -2.55. The van der Waals surface area contributed by atoms with Crippen LogP contribution in [0.3, 0.4) is 0 Å². The van der Waals surface area contributed by atoms with Crippen molar-refractivity contribution in [1.82, 2.24) is 4.90 Å². The number of ether oxygens (including phenoxy) is 4. The highest BCUT2D eigenvalue weighted by atomic mass is 16.6. The van der Waals surface area contributed by atoms with Gasteiger partial charge in [-0.15, -0.1) is 0 Å². The summed E-state index contributed by atoms with van der Waals surface area (Å²) in [6.07, 6.45) is 5.60. The molecular weight excluding hydrogens is 346 g/mol. The van der Waals surface area contributed by atoms with E-state index in [1.54, 1.807) is 14.2 Å². The molecule has 2 aliphatic carbocycles. The van der Waals surface area contributed by atoms with Gasteiger partial charge in [0, 0.05) is 11.6 Å². The third-order valence-corrected chi connectivity index (χ3v) is 6.80. The number of hydrogen-bond acceptors (Lipinski definition) is 6. The van der Waals surface area contributed by atoms with Crippen LogP contribution in [0.15, 0.2) is 35.6 Å². The fourth-order valence-corrected chi connectivity index (χ4v) is 5.68. The fourth-order valence-electron chi connectivity index (χ4n) is 5.68.